The van der Waals surface area contributed by atoms with Gasteiger partial charge in [-0.1, -0.05) is 66.7 Å². The third kappa shape index (κ3) is 8.33. The van der Waals surface area contributed by atoms with Crippen LogP contribution in [0.3, 0.4) is 0 Å². The number of ether oxygens (including phenoxy) is 1. The van der Waals surface area contributed by atoms with Crippen molar-refractivity contribution < 1.29 is 31.8 Å². The van der Waals surface area contributed by atoms with Gasteiger partial charge < -0.3 is 9.84 Å². The molecular weight excluding hydrogens is 569 g/mol. The van der Waals surface area contributed by atoms with Crippen molar-refractivity contribution >= 4 is 11.8 Å². The van der Waals surface area contributed by atoms with Gasteiger partial charge in [0.05, 0.1) is 18.8 Å². The molecular formula is C33H32F5NO2S. The van der Waals surface area contributed by atoms with Gasteiger partial charge in [0, 0.05) is 42.1 Å². The van der Waals surface area contributed by atoms with Crippen molar-refractivity contribution in [2.24, 2.45) is 0 Å². The molecule has 4 aromatic rings. The van der Waals surface area contributed by atoms with E-state index in [-0.39, 0.29) is 24.6 Å². The van der Waals surface area contributed by atoms with Crippen molar-refractivity contribution in [3.8, 4) is 5.75 Å². The van der Waals surface area contributed by atoms with Gasteiger partial charge in [-0.2, -0.15) is 13.2 Å². The van der Waals surface area contributed by atoms with Gasteiger partial charge in [-0.05, 0) is 47.6 Å². The zero-order valence-corrected chi connectivity index (χ0v) is 23.9. The van der Waals surface area contributed by atoms with Crippen molar-refractivity contribution in [3.05, 3.63) is 130 Å². The number of aliphatic hydroxyl groups is 1. The molecule has 0 saturated heterocycles. The lowest BCUT2D eigenvalue weighted by Crippen LogP contribution is -2.31. The van der Waals surface area contributed by atoms with Crippen LogP contribution in [-0.4, -0.2) is 36.0 Å². The predicted octanol–water partition coefficient (Wildman–Crippen LogP) is 8.30. The molecule has 0 heterocycles. The first-order chi connectivity index (χ1) is 20.2. The van der Waals surface area contributed by atoms with Gasteiger partial charge in [0.1, 0.15) is 17.4 Å². The molecule has 0 amide bonds. The molecule has 0 atom stereocenters. The van der Waals surface area contributed by atoms with E-state index in [4.69, 9.17) is 4.74 Å². The Hall–Kier alpha value is -3.40. The van der Waals surface area contributed by atoms with Crippen LogP contribution in [0.1, 0.15) is 40.2 Å². The Kier molecular flexibility index (Phi) is 11.0. The molecule has 3 nitrogen and oxygen atoms in total. The SMILES string of the molecule is CSc1cc(OCCCN(Cc2ccc(F)c(C(F)(F)F)c2)CC(c2ccccc2)c2ccccc2)cc(F)c1CO. The number of hydrogen-bond donors (Lipinski definition) is 1. The van der Waals surface area contributed by atoms with Gasteiger partial charge in [0.25, 0.3) is 0 Å². The summed E-state index contributed by atoms with van der Waals surface area (Å²) in [6.07, 6.45) is -2.52. The molecule has 42 heavy (non-hydrogen) atoms. The van der Waals surface area contributed by atoms with Crippen molar-refractivity contribution in [1.82, 2.24) is 4.90 Å². The van der Waals surface area contributed by atoms with E-state index in [0.29, 0.717) is 35.7 Å². The zero-order chi connectivity index (χ0) is 30.1. The van der Waals surface area contributed by atoms with Gasteiger partial charge >= 0.3 is 6.18 Å². The molecule has 0 aliphatic carbocycles. The molecule has 0 spiro atoms. The largest absolute Gasteiger partial charge is 0.493 e. The maximum Gasteiger partial charge on any atom is 0.419 e. The van der Waals surface area contributed by atoms with Crippen LogP contribution in [0.2, 0.25) is 0 Å². The van der Waals surface area contributed by atoms with E-state index in [1.807, 2.05) is 65.6 Å². The fourth-order valence-corrected chi connectivity index (χ4v) is 5.54. The number of aliphatic hydroxyl groups excluding tert-OH is 1. The normalized spacial score (nSPS) is 11.8. The molecule has 0 aliphatic rings. The smallest absolute Gasteiger partial charge is 0.419 e. The van der Waals surface area contributed by atoms with Crippen molar-refractivity contribution in [3.63, 3.8) is 0 Å². The summed E-state index contributed by atoms with van der Waals surface area (Å²) in [4.78, 5) is 2.61. The molecule has 9 heteroatoms. The average Bonchev–Trinajstić information content (AvgIpc) is 2.98. The summed E-state index contributed by atoms with van der Waals surface area (Å²) in [5, 5.41) is 9.45. The van der Waals surface area contributed by atoms with Gasteiger partial charge in [0.15, 0.2) is 0 Å². The topological polar surface area (TPSA) is 32.7 Å². The van der Waals surface area contributed by atoms with E-state index in [0.717, 1.165) is 23.3 Å². The molecule has 0 bridgehead atoms. The van der Waals surface area contributed by atoms with Gasteiger partial charge in [0.2, 0.25) is 0 Å². The molecule has 4 rings (SSSR count). The van der Waals surface area contributed by atoms with Crippen LogP contribution in [0, 0.1) is 11.6 Å². The van der Waals surface area contributed by atoms with Crippen molar-refractivity contribution in [1.29, 1.82) is 0 Å². The van der Waals surface area contributed by atoms with Crippen LogP contribution in [0.25, 0.3) is 0 Å². The number of halogens is 5. The highest BCUT2D eigenvalue weighted by atomic mass is 32.2. The molecule has 1 N–H and O–H groups in total. The maximum atomic E-state index is 14.4. The monoisotopic (exact) mass is 601 g/mol. The molecule has 0 saturated carbocycles. The third-order valence-corrected chi connectivity index (χ3v) is 7.78. The summed E-state index contributed by atoms with van der Waals surface area (Å²) in [6.45, 7) is 0.933. The summed E-state index contributed by atoms with van der Waals surface area (Å²) in [7, 11) is 0. The lowest BCUT2D eigenvalue weighted by molar-refractivity contribution is -0.140. The van der Waals surface area contributed by atoms with Crippen molar-refractivity contribution in [2.75, 3.05) is 26.0 Å². The van der Waals surface area contributed by atoms with Gasteiger partial charge in [-0.25, -0.2) is 8.78 Å². The quantitative estimate of drug-likeness (QED) is 0.0950. The molecule has 0 radical (unpaired) electrons. The van der Waals surface area contributed by atoms with Crippen LogP contribution < -0.4 is 4.74 Å². The molecule has 0 aromatic heterocycles. The second-order valence-corrected chi connectivity index (χ2v) is 10.7. The summed E-state index contributed by atoms with van der Waals surface area (Å²) in [6, 6.07) is 25.7. The first kappa shape index (κ1) is 31.5. The van der Waals surface area contributed by atoms with E-state index in [9.17, 15) is 27.1 Å². The van der Waals surface area contributed by atoms with Crippen LogP contribution in [0.4, 0.5) is 22.0 Å². The Morgan fingerprint density at radius 2 is 1.50 bits per heavy atom. The van der Waals surface area contributed by atoms with Crippen LogP contribution in [0.5, 0.6) is 5.75 Å². The molecule has 0 unspecified atom stereocenters. The predicted molar refractivity (Wildman–Crippen MR) is 156 cm³/mol. The highest BCUT2D eigenvalue weighted by Gasteiger charge is 2.34. The Morgan fingerprint density at radius 1 is 0.857 bits per heavy atom. The van der Waals surface area contributed by atoms with E-state index in [2.05, 4.69) is 0 Å². The number of alkyl halides is 3. The number of rotatable bonds is 13. The summed E-state index contributed by atoms with van der Waals surface area (Å²) in [5.74, 6) is -1.59. The Labute approximate surface area is 247 Å². The van der Waals surface area contributed by atoms with E-state index >= 15 is 0 Å². The van der Waals surface area contributed by atoms with Crippen LogP contribution in [0.15, 0.2) is 95.9 Å². The summed E-state index contributed by atoms with van der Waals surface area (Å²) < 4.78 is 74.6. The number of nitrogens with zero attached hydrogens (tertiary/aromatic N) is 1. The summed E-state index contributed by atoms with van der Waals surface area (Å²) >= 11 is 1.31. The van der Waals surface area contributed by atoms with Crippen LogP contribution in [-0.2, 0) is 19.3 Å². The number of hydrogen-bond acceptors (Lipinski definition) is 4. The van der Waals surface area contributed by atoms with Crippen LogP contribution >= 0.6 is 11.8 Å². The highest BCUT2D eigenvalue weighted by molar-refractivity contribution is 7.98. The molecule has 4 aromatic carbocycles. The first-order valence-corrected chi connectivity index (χ1v) is 14.7. The Balaban J connectivity index is 1.55. The Bertz CT molecular complexity index is 1390. The molecule has 0 fully saturated rings. The third-order valence-electron chi connectivity index (χ3n) is 6.98. The second-order valence-electron chi connectivity index (χ2n) is 9.87. The fourth-order valence-electron chi connectivity index (χ4n) is 4.90. The summed E-state index contributed by atoms with van der Waals surface area (Å²) in [5.41, 5.74) is 1.39. The van der Waals surface area contributed by atoms with Gasteiger partial charge in [-0.3, -0.25) is 4.90 Å². The number of thioether (sulfide) groups is 1. The molecule has 0 aliphatic heterocycles. The fraction of sp³-hybridized carbons (Fsp3) is 0.273. The maximum absolute atomic E-state index is 14.4. The average molecular weight is 602 g/mol. The zero-order valence-electron chi connectivity index (χ0n) is 23.1. The van der Waals surface area contributed by atoms with Gasteiger partial charge in [-0.15, -0.1) is 11.8 Å². The lowest BCUT2D eigenvalue weighted by atomic mass is 9.90. The minimum atomic E-state index is -4.80. The van der Waals surface area contributed by atoms with E-state index in [1.54, 1.807) is 12.3 Å². The van der Waals surface area contributed by atoms with E-state index in [1.165, 1.54) is 23.9 Å². The van der Waals surface area contributed by atoms with E-state index < -0.39 is 30.0 Å². The standard InChI is InChI=1S/C33H32F5NO2S/c1-42-32-19-26(18-31(35)28(32)22-40)41-16-8-15-39(20-23-13-14-30(34)29(17-23)33(36,37)38)21-27(24-9-4-2-5-10-24)25-11-6-3-7-12-25/h2-7,9-14,17-19,27,40H,8,15-16,20-22H2,1H3. The van der Waals surface area contributed by atoms with Crippen molar-refractivity contribution in [2.45, 2.75) is 36.6 Å². The highest BCUT2D eigenvalue weighted by Crippen LogP contribution is 2.33. The second kappa shape index (κ2) is 14.7. The molecule has 222 valence electrons. The minimum Gasteiger partial charge on any atom is -0.493 e. The Morgan fingerprint density at radius 3 is 2.07 bits per heavy atom. The minimum absolute atomic E-state index is 0.0693. The first-order valence-electron chi connectivity index (χ1n) is 13.5. The lowest BCUT2D eigenvalue weighted by Gasteiger charge is -2.29. The number of benzene rings is 4.